The van der Waals surface area contributed by atoms with Crippen LogP contribution in [0.5, 0.6) is 0 Å². The van der Waals surface area contributed by atoms with E-state index in [1.54, 1.807) is 30.3 Å². The number of hydrogen-bond donors (Lipinski definition) is 1. The Bertz CT molecular complexity index is 1260. The molecule has 0 heterocycles. The van der Waals surface area contributed by atoms with E-state index in [0.29, 0.717) is 18.7 Å². The Kier molecular flexibility index (Phi) is 9.25. The molecular weight excluding hydrogens is 474 g/mol. The predicted molar refractivity (Wildman–Crippen MR) is 143 cm³/mol. The monoisotopic (exact) mass is 507 g/mol. The number of anilines is 1. The smallest absolute Gasteiger partial charge is 0.244 e. The van der Waals surface area contributed by atoms with Gasteiger partial charge < -0.3 is 10.2 Å². The first kappa shape index (κ1) is 26.9. The summed E-state index contributed by atoms with van der Waals surface area (Å²) in [4.78, 5) is 28.6. The van der Waals surface area contributed by atoms with E-state index < -0.39 is 28.5 Å². The van der Waals surface area contributed by atoms with Crippen molar-refractivity contribution in [3.63, 3.8) is 0 Å². The van der Waals surface area contributed by atoms with Gasteiger partial charge in [-0.2, -0.15) is 0 Å². The number of carbonyl (C=O) groups is 2. The Morgan fingerprint density at radius 1 is 0.889 bits per heavy atom. The molecule has 2 amide bonds. The molecule has 0 saturated heterocycles. The molecule has 0 bridgehead atoms. The fraction of sp³-hybridized carbons (Fsp3) is 0.286. The van der Waals surface area contributed by atoms with E-state index in [-0.39, 0.29) is 12.5 Å². The highest BCUT2D eigenvalue weighted by Crippen LogP contribution is 2.20. The highest BCUT2D eigenvalue weighted by atomic mass is 32.2. The van der Waals surface area contributed by atoms with Crippen LogP contribution in [0.3, 0.4) is 0 Å². The SMILES string of the molecule is CCNC(=O)[C@@H](Cc1ccccc1)N(Cc1cccc(C)c1)C(=O)CN(c1ccccc1)S(C)(=O)=O. The molecule has 0 fully saturated rings. The molecule has 1 N–H and O–H groups in total. The summed E-state index contributed by atoms with van der Waals surface area (Å²) >= 11 is 0. The van der Waals surface area contributed by atoms with Crippen LogP contribution in [0.4, 0.5) is 5.69 Å². The van der Waals surface area contributed by atoms with Gasteiger partial charge in [0.25, 0.3) is 0 Å². The summed E-state index contributed by atoms with van der Waals surface area (Å²) in [7, 11) is -3.76. The summed E-state index contributed by atoms with van der Waals surface area (Å²) in [5.74, 6) is -0.744. The van der Waals surface area contributed by atoms with Crippen molar-refractivity contribution < 1.29 is 18.0 Å². The molecule has 0 radical (unpaired) electrons. The number of rotatable bonds is 11. The van der Waals surface area contributed by atoms with Gasteiger partial charge in [0.1, 0.15) is 12.6 Å². The minimum absolute atomic E-state index is 0.168. The van der Waals surface area contributed by atoms with Crippen LogP contribution >= 0.6 is 0 Å². The van der Waals surface area contributed by atoms with Gasteiger partial charge in [-0.15, -0.1) is 0 Å². The summed E-state index contributed by atoms with van der Waals surface area (Å²) in [5.41, 5.74) is 3.18. The molecule has 0 spiro atoms. The number of carbonyl (C=O) groups excluding carboxylic acids is 2. The number of para-hydroxylation sites is 1. The molecule has 1 atom stereocenters. The van der Waals surface area contributed by atoms with Crippen LogP contribution in [0.1, 0.15) is 23.6 Å². The number of nitrogens with zero attached hydrogens (tertiary/aromatic N) is 2. The molecule has 0 unspecified atom stereocenters. The van der Waals surface area contributed by atoms with E-state index in [4.69, 9.17) is 0 Å². The fourth-order valence-corrected chi connectivity index (χ4v) is 4.91. The zero-order valence-electron chi connectivity index (χ0n) is 20.9. The lowest BCUT2D eigenvalue weighted by atomic mass is 10.0. The van der Waals surface area contributed by atoms with Gasteiger partial charge in [-0.1, -0.05) is 78.4 Å². The molecule has 0 aromatic heterocycles. The minimum atomic E-state index is -3.76. The van der Waals surface area contributed by atoms with Crippen molar-refractivity contribution in [1.82, 2.24) is 10.2 Å². The molecule has 7 nitrogen and oxygen atoms in total. The van der Waals surface area contributed by atoms with E-state index in [9.17, 15) is 18.0 Å². The first-order valence-electron chi connectivity index (χ1n) is 11.9. The zero-order chi connectivity index (χ0) is 26.1. The maximum atomic E-state index is 13.8. The molecule has 8 heteroatoms. The summed E-state index contributed by atoms with van der Waals surface area (Å²) in [6.45, 7) is 3.95. The number of aryl methyl sites for hydroxylation is 1. The standard InChI is InChI=1S/C28H33N3O4S/c1-4-29-28(33)26(19-23-13-7-5-8-14-23)30(20-24-15-11-12-22(2)18-24)27(32)21-31(36(3,34)35)25-16-9-6-10-17-25/h5-18,26H,4,19-21H2,1-3H3,(H,29,33)/t26-/m1/s1. The van der Waals surface area contributed by atoms with Gasteiger partial charge in [-0.25, -0.2) is 8.42 Å². The van der Waals surface area contributed by atoms with E-state index >= 15 is 0 Å². The number of nitrogens with one attached hydrogen (secondary N) is 1. The molecular formula is C28H33N3O4S. The number of sulfonamides is 1. The molecule has 0 aliphatic rings. The maximum Gasteiger partial charge on any atom is 0.244 e. The van der Waals surface area contributed by atoms with Crippen molar-refractivity contribution in [3.8, 4) is 0 Å². The van der Waals surface area contributed by atoms with Crippen molar-refractivity contribution in [2.45, 2.75) is 32.9 Å². The summed E-state index contributed by atoms with van der Waals surface area (Å²) < 4.78 is 26.4. The first-order chi connectivity index (χ1) is 17.2. The Morgan fingerprint density at radius 2 is 1.50 bits per heavy atom. The highest BCUT2D eigenvalue weighted by Gasteiger charge is 2.32. The van der Waals surface area contributed by atoms with Crippen LogP contribution in [0.15, 0.2) is 84.9 Å². The number of likely N-dealkylation sites (N-methyl/N-ethyl adjacent to an activating group) is 1. The molecule has 3 rings (SSSR count). The second kappa shape index (κ2) is 12.4. The van der Waals surface area contributed by atoms with Crippen molar-refractivity contribution >= 4 is 27.5 Å². The van der Waals surface area contributed by atoms with E-state index in [1.165, 1.54) is 4.90 Å². The van der Waals surface area contributed by atoms with Gasteiger partial charge in [0.05, 0.1) is 11.9 Å². The van der Waals surface area contributed by atoms with Gasteiger partial charge in [-0.05, 0) is 37.1 Å². The number of benzene rings is 3. The third kappa shape index (κ3) is 7.42. The Labute approximate surface area is 213 Å². The maximum absolute atomic E-state index is 13.8. The molecule has 0 saturated carbocycles. The quantitative estimate of drug-likeness (QED) is 0.430. The Balaban J connectivity index is 2.02. The molecule has 0 aliphatic heterocycles. The predicted octanol–water partition coefficient (Wildman–Crippen LogP) is 3.54. The minimum Gasteiger partial charge on any atom is -0.355 e. The van der Waals surface area contributed by atoms with E-state index in [1.807, 2.05) is 68.4 Å². The molecule has 3 aromatic carbocycles. The Morgan fingerprint density at radius 3 is 2.08 bits per heavy atom. The van der Waals surface area contributed by atoms with Gasteiger partial charge >= 0.3 is 0 Å². The van der Waals surface area contributed by atoms with Crippen molar-refractivity contribution in [3.05, 3.63) is 102 Å². The van der Waals surface area contributed by atoms with Crippen molar-refractivity contribution in [2.24, 2.45) is 0 Å². The van der Waals surface area contributed by atoms with Crippen LogP contribution in [0, 0.1) is 6.92 Å². The number of hydrogen-bond acceptors (Lipinski definition) is 4. The third-order valence-corrected chi connectivity index (χ3v) is 6.92. The molecule has 36 heavy (non-hydrogen) atoms. The van der Waals surface area contributed by atoms with Crippen molar-refractivity contribution in [2.75, 3.05) is 23.7 Å². The summed E-state index contributed by atoms with van der Waals surface area (Å²) in [6.07, 6.45) is 1.37. The van der Waals surface area contributed by atoms with Crippen LogP contribution in [0.25, 0.3) is 0 Å². The second-order valence-electron chi connectivity index (χ2n) is 8.72. The van der Waals surface area contributed by atoms with Crippen molar-refractivity contribution in [1.29, 1.82) is 0 Å². The lowest BCUT2D eigenvalue weighted by Gasteiger charge is -2.33. The van der Waals surface area contributed by atoms with Gasteiger partial charge in [-0.3, -0.25) is 13.9 Å². The summed E-state index contributed by atoms with van der Waals surface area (Å²) in [6, 6.07) is 24.9. The molecule has 0 aliphatic carbocycles. The van der Waals surface area contributed by atoms with Gasteiger partial charge in [0, 0.05) is 19.5 Å². The van der Waals surface area contributed by atoms with Gasteiger partial charge in [0.15, 0.2) is 0 Å². The lowest BCUT2D eigenvalue weighted by Crippen LogP contribution is -2.53. The normalized spacial score (nSPS) is 12.0. The Hall–Kier alpha value is -3.65. The van der Waals surface area contributed by atoms with Gasteiger partial charge in [0.2, 0.25) is 21.8 Å². The lowest BCUT2D eigenvalue weighted by molar-refractivity contribution is -0.140. The van der Waals surface area contributed by atoms with Crippen LogP contribution in [-0.4, -0.2) is 50.5 Å². The average Bonchev–Trinajstić information content (AvgIpc) is 2.85. The van der Waals surface area contributed by atoms with Crippen LogP contribution in [-0.2, 0) is 32.6 Å². The topological polar surface area (TPSA) is 86.8 Å². The van der Waals surface area contributed by atoms with Crippen LogP contribution in [0.2, 0.25) is 0 Å². The second-order valence-corrected chi connectivity index (χ2v) is 10.6. The van der Waals surface area contributed by atoms with E-state index in [2.05, 4.69) is 5.32 Å². The molecule has 3 aromatic rings. The highest BCUT2D eigenvalue weighted by molar-refractivity contribution is 7.92. The first-order valence-corrected chi connectivity index (χ1v) is 13.7. The molecule has 190 valence electrons. The fourth-order valence-electron chi connectivity index (χ4n) is 4.06. The average molecular weight is 508 g/mol. The third-order valence-electron chi connectivity index (χ3n) is 5.78. The summed E-state index contributed by atoms with van der Waals surface area (Å²) in [5, 5.41) is 2.85. The largest absolute Gasteiger partial charge is 0.355 e. The van der Waals surface area contributed by atoms with Crippen LogP contribution < -0.4 is 9.62 Å². The number of amides is 2. The van der Waals surface area contributed by atoms with E-state index in [0.717, 1.165) is 27.3 Å². The zero-order valence-corrected chi connectivity index (χ0v) is 21.7.